The Kier molecular flexibility index (Phi) is 4.31. The van der Waals surface area contributed by atoms with E-state index in [2.05, 4.69) is 20.9 Å². The summed E-state index contributed by atoms with van der Waals surface area (Å²) in [6.07, 6.45) is 4.23. The summed E-state index contributed by atoms with van der Waals surface area (Å²) in [5.41, 5.74) is 5.80. The molecule has 1 atom stereocenters. The van der Waals surface area contributed by atoms with Crippen molar-refractivity contribution < 1.29 is 8.78 Å². The van der Waals surface area contributed by atoms with Crippen LogP contribution in [0.5, 0.6) is 0 Å². The van der Waals surface area contributed by atoms with Crippen molar-refractivity contribution in [3.63, 3.8) is 0 Å². The maximum atomic E-state index is 13.9. The molecule has 0 radical (unpaired) electrons. The van der Waals surface area contributed by atoms with Crippen molar-refractivity contribution in [3.05, 3.63) is 52.0 Å². The Bertz CT molecular complexity index is 560. The molecular formula is C13H14BrF2N3. The molecule has 3 nitrogen and oxygen atoms in total. The standard InChI is InChI=1S/C13H14BrF2N3/c1-2-4-19-5-3-18-13(19)12(17)11-9(15)6-8(14)7-10(11)16/h3,5-7,12H,2,4,17H2,1H3. The number of hydrogen-bond donors (Lipinski definition) is 1. The Morgan fingerprint density at radius 2 is 2.00 bits per heavy atom. The van der Waals surface area contributed by atoms with Crippen molar-refractivity contribution in [2.24, 2.45) is 5.73 Å². The first-order chi connectivity index (χ1) is 9.04. The summed E-state index contributed by atoms with van der Waals surface area (Å²) >= 11 is 3.04. The van der Waals surface area contributed by atoms with E-state index in [1.165, 1.54) is 12.1 Å². The normalized spacial score (nSPS) is 12.7. The van der Waals surface area contributed by atoms with Crippen molar-refractivity contribution in [2.75, 3.05) is 0 Å². The van der Waals surface area contributed by atoms with E-state index in [-0.39, 0.29) is 5.56 Å². The Labute approximate surface area is 118 Å². The van der Waals surface area contributed by atoms with Gasteiger partial charge >= 0.3 is 0 Å². The van der Waals surface area contributed by atoms with Gasteiger partial charge in [-0.1, -0.05) is 22.9 Å². The quantitative estimate of drug-likeness (QED) is 0.934. The van der Waals surface area contributed by atoms with Gasteiger partial charge in [0.15, 0.2) is 0 Å². The molecular weight excluding hydrogens is 316 g/mol. The molecule has 102 valence electrons. The Balaban J connectivity index is 2.44. The number of nitrogens with two attached hydrogens (primary N) is 1. The summed E-state index contributed by atoms with van der Waals surface area (Å²) in [5.74, 6) is -0.891. The van der Waals surface area contributed by atoms with Crippen LogP contribution in [0.2, 0.25) is 0 Å². The average molecular weight is 330 g/mol. The Hall–Kier alpha value is -1.27. The summed E-state index contributed by atoms with van der Waals surface area (Å²) in [6, 6.07) is 1.48. The van der Waals surface area contributed by atoms with E-state index >= 15 is 0 Å². The van der Waals surface area contributed by atoms with E-state index in [1.54, 1.807) is 12.4 Å². The van der Waals surface area contributed by atoms with Crippen molar-refractivity contribution in [1.82, 2.24) is 9.55 Å². The first-order valence-corrected chi connectivity index (χ1v) is 6.75. The predicted octanol–water partition coefficient (Wildman–Crippen LogP) is 3.38. The van der Waals surface area contributed by atoms with Crippen molar-refractivity contribution >= 4 is 15.9 Å². The van der Waals surface area contributed by atoms with Crippen LogP contribution >= 0.6 is 15.9 Å². The molecule has 6 heteroatoms. The highest BCUT2D eigenvalue weighted by molar-refractivity contribution is 9.10. The van der Waals surface area contributed by atoms with E-state index in [9.17, 15) is 8.78 Å². The van der Waals surface area contributed by atoms with Gasteiger partial charge < -0.3 is 10.3 Å². The number of aromatic nitrogens is 2. The van der Waals surface area contributed by atoms with Crippen LogP contribution in [0.4, 0.5) is 8.78 Å². The van der Waals surface area contributed by atoms with Crippen molar-refractivity contribution in [3.8, 4) is 0 Å². The van der Waals surface area contributed by atoms with Crippen LogP contribution in [-0.2, 0) is 6.54 Å². The van der Waals surface area contributed by atoms with Gasteiger partial charge in [0.1, 0.15) is 17.5 Å². The number of imidazole rings is 1. The first-order valence-electron chi connectivity index (χ1n) is 5.95. The van der Waals surface area contributed by atoms with Gasteiger partial charge in [-0.2, -0.15) is 0 Å². The van der Waals surface area contributed by atoms with Gasteiger partial charge in [0.05, 0.1) is 6.04 Å². The van der Waals surface area contributed by atoms with Gasteiger partial charge in [-0.15, -0.1) is 0 Å². The fourth-order valence-electron chi connectivity index (χ4n) is 2.01. The van der Waals surface area contributed by atoms with Gasteiger partial charge in [0.25, 0.3) is 0 Å². The van der Waals surface area contributed by atoms with E-state index in [1.807, 2.05) is 11.5 Å². The highest BCUT2D eigenvalue weighted by Gasteiger charge is 2.22. The summed E-state index contributed by atoms with van der Waals surface area (Å²) in [4.78, 5) is 4.11. The van der Waals surface area contributed by atoms with Crippen LogP contribution in [0.1, 0.15) is 30.8 Å². The molecule has 0 fully saturated rings. The minimum Gasteiger partial charge on any atom is -0.333 e. The third-order valence-corrected chi connectivity index (χ3v) is 3.30. The lowest BCUT2D eigenvalue weighted by atomic mass is 10.1. The number of benzene rings is 1. The molecule has 1 heterocycles. The molecule has 0 saturated heterocycles. The molecule has 0 bridgehead atoms. The fraction of sp³-hybridized carbons (Fsp3) is 0.308. The van der Waals surface area contributed by atoms with Crippen LogP contribution in [0.25, 0.3) is 0 Å². The molecule has 2 N–H and O–H groups in total. The minimum absolute atomic E-state index is 0.160. The van der Waals surface area contributed by atoms with Gasteiger partial charge in [0, 0.05) is 29.0 Å². The smallest absolute Gasteiger partial charge is 0.132 e. The molecule has 1 aromatic heterocycles. The Morgan fingerprint density at radius 3 is 2.58 bits per heavy atom. The second-order valence-corrected chi connectivity index (χ2v) is 5.16. The molecule has 2 aromatic rings. The van der Waals surface area contributed by atoms with E-state index in [4.69, 9.17) is 5.73 Å². The van der Waals surface area contributed by atoms with Gasteiger partial charge in [-0.05, 0) is 18.6 Å². The fourth-order valence-corrected chi connectivity index (χ4v) is 2.41. The molecule has 0 aliphatic rings. The zero-order valence-corrected chi connectivity index (χ0v) is 12.0. The molecule has 2 rings (SSSR count). The average Bonchev–Trinajstić information content (AvgIpc) is 2.76. The molecule has 0 aliphatic heterocycles. The molecule has 1 unspecified atom stereocenters. The monoisotopic (exact) mass is 329 g/mol. The summed E-state index contributed by atoms with van der Waals surface area (Å²) in [5, 5.41) is 0. The molecule has 0 spiro atoms. The van der Waals surface area contributed by atoms with E-state index in [0.29, 0.717) is 16.8 Å². The van der Waals surface area contributed by atoms with Crippen LogP contribution in [0, 0.1) is 11.6 Å². The maximum absolute atomic E-state index is 13.9. The Morgan fingerprint density at radius 1 is 1.37 bits per heavy atom. The second kappa shape index (κ2) is 5.79. The zero-order valence-electron chi connectivity index (χ0n) is 10.4. The third-order valence-electron chi connectivity index (χ3n) is 2.85. The maximum Gasteiger partial charge on any atom is 0.132 e. The van der Waals surface area contributed by atoms with Gasteiger partial charge in [-0.3, -0.25) is 0 Å². The molecule has 0 saturated carbocycles. The number of nitrogens with zero attached hydrogens (tertiary/aromatic N) is 2. The topological polar surface area (TPSA) is 43.8 Å². The number of aryl methyl sites for hydroxylation is 1. The lowest BCUT2D eigenvalue weighted by Crippen LogP contribution is -2.20. The van der Waals surface area contributed by atoms with E-state index in [0.717, 1.165) is 6.42 Å². The van der Waals surface area contributed by atoms with E-state index < -0.39 is 17.7 Å². The minimum atomic E-state index is -0.922. The number of halogens is 3. The number of rotatable bonds is 4. The van der Waals surface area contributed by atoms with Gasteiger partial charge in [-0.25, -0.2) is 13.8 Å². The van der Waals surface area contributed by atoms with Crippen LogP contribution in [0.3, 0.4) is 0 Å². The summed E-state index contributed by atoms with van der Waals surface area (Å²) < 4.78 is 29.9. The highest BCUT2D eigenvalue weighted by Crippen LogP contribution is 2.27. The first kappa shape index (κ1) is 14.1. The second-order valence-electron chi connectivity index (χ2n) is 4.24. The predicted molar refractivity (Wildman–Crippen MR) is 72.6 cm³/mol. The molecule has 1 aromatic carbocycles. The number of hydrogen-bond acceptors (Lipinski definition) is 2. The van der Waals surface area contributed by atoms with Crippen LogP contribution in [0.15, 0.2) is 29.0 Å². The lowest BCUT2D eigenvalue weighted by molar-refractivity contribution is 0.524. The third kappa shape index (κ3) is 2.84. The molecule has 19 heavy (non-hydrogen) atoms. The zero-order chi connectivity index (χ0) is 14.0. The summed E-state index contributed by atoms with van der Waals surface area (Å²) in [7, 11) is 0. The molecule has 0 aliphatic carbocycles. The van der Waals surface area contributed by atoms with Crippen LogP contribution < -0.4 is 5.73 Å². The van der Waals surface area contributed by atoms with Gasteiger partial charge in [0.2, 0.25) is 0 Å². The summed E-state index contributed by atoms with van der Waals surface area (Å²) in [6.45, 7) is 2.72. The highest BCUT2D eigenvalue weighted by atomic mass is 79.9. The lowest BCUT2D eigenvalue weighted by Gasteiger charge is -2.15. The largest absolute Gasteiger partial charge is 0.333 e. The molecule has 0 amide bonds. The van der Waals surface area contributed by atoms with Crippen molar-refractivity contribution in [2.45, 2.75) is 25.9 Å². The SMILES string of the molecule is CCCn1ccnc1C(N)c1c(F)cc(Br)cc1F. The van der Waals surface area contributed by atoms with Crippen molar-refractivity contribution in [1.29, 1.82) is 0 Å². The van der Waals surface area contributed by atoms with Crippen LogP contribution in [-0.4, -0.2) is 9.55 Å².